The van der Waals surface area contributed by atoms with Crippen molar-refractivity contribution in [3.05, 3.63) is 29.8 Å². The van der Waals surface area contributed by atoms with Gasteiger partial charge in [0.1, 0.15) is 0 Å². The fraction of sp³-hybridized carbons (Fsp3) is 0.250. The summed E-state index contributed by atoms with van der Waals surface area (Å²) < 4.78 is 4.54. The van der Waals surface area contributed by atoms with Gasteiger partial charge >= 0.3 is 11.9 Å². The molecular weight excluding hydrogens is 220 g/mol. The average Bonchev–Trinajstić information content (AvgIpc) is 2.32. The molecule has 0 radical (unpaired) electrons. The third kappa shape index (κ3) is 3.95. The summed E-state index contributed by atoms with van der Waals surface area (Å²) in [5.41, 5.74) is 1.34. The van der Waals surface area contributed by atoms with Crippen LogP contribution in [0.2, 0.25) is 0 Å². The minimum Gasteiger partial charge on any atom is -0.459 e. The van der Waals surface area contributed by atoms with Crippen LogP contribution in [0.15, 0.2) is 24.3 Å². The third-order valence-corrected chi connectivity index (χ3v) is 1.96. The lowest BCUT2D eigenvalue weighted by atomic mass is 10.1. The van der Waals surface area contributed by atoms with Gasteiger partial charge in [-0.3, -0.25) is 4.79 Å². The molecule has 5 nitrogen and oxygen atoms in total. The van der Waals surface area contributed by atoms with Crippen LogP contribution in [0.4, 0.5) is 5.69 Å². The molecule has 0 saturated carbocycles. The van der Waals surface area contributed by atoms with E-state index in [0.29, 0.717) is 12.1 Å². The molecule has 1 N–H and O–H groups in total. The van der Waals surface area contributed by atoms with Crippen molar-refractivity contribution in [1.29, 1.82) is 5.26 Å². The van der Waals surface area contributed by atoms with Gasteiger partial charge in [-0.15, -0.1) is 0 Å². The molecule has 0 fully saturated rings. The monoisotopic (exact) mass is 232 g/mol. The second-order valence-electron chi connectivity index (χ2n) is 3.21. The predicted molar refractivity (Wildman–Crippen MR) is 61.0 cm³/mol. The van der Waals surface area contributed by atoms with Gasteiger partial charge in [-0.2, -0.15) is 5.26 Å². The van der Waals surface area contributed by atoms with Gasteiger partial charge in [-0.1, -0.05) is 12.1 Å². The van der Waals surface area contributed by atoms with Gasteiger partial charge in [0.2, 0.25) is 0 Å². The van der Waals surface area contributed by atoms with Crippen LogP contribution in [-0.2, 0) is 20.7 Å². The number of nitriles is 1. The second kappa shape index (κ2) is 6.28. The summed E-state index contributed by atoms with van der Waals surface area (Å²) in [6.07, 6.45) is 0.312. The summed E-state index contributed by atoms with van der Waals surface area (Å²) in [5, 5.41) is 10.9. The van der Waals surface area contributed by atoms with Gasteiger partial charge in [-0.25, -0.2) is 4.79 Å². The molecule has 0 saturated heterocycles. The van der Waals surface area contributed by atoms with Crippen molar-refractivity contribution < 1.29 is 14.3 Å². The van der Waals surface area contributed by atoms with Crippen molar-refractivity contribution in [2.75, 3.05) is 11.9 Å². The standard InChI is InChI=1S/C12H12N2O3/c1-2-17-12(16)11(15)14-10-5-3-9(4-6-10)7-8-13/h3-6H,2,7H2,1H3,(H,14,15). The molecular formula is C12H12N2O3. The second-order valence-corrected chi connectivity index (χ2v) is 3.21. The number of nitrogens with zero attached hydrogens (tertiary/aromatic N) is 1. The van der Waals surface area contributed by atoms with Crippen LogP contribution < -0.4 is 5.32 Å². The summed E-state index contributed by atoms with van der Waals surface area (Å²) in [6, 6.07) is 8.70. The van der Waals surface area contributed by atoms with Gasteiger partial charge in [0, 0.05) is 5.69 Å². The smallest absolute Gasteiger partial charge is 0.397 e. The molecule has 0 aromatic heterocycles. The van der Waals surface area contributed by atoms with Crippen LogP contribution in [-0.4, -0.2) is 18.5 Å². The Morgan fingerprint density at radius 1 is 1.35 bits per heavy atom. The summed E-state index contributed by atoms with van der Waals surface area (Å²) >= 11 is 0. The van der Waals surface area contributed by atoms with Crippen LogP contribution in [0.5, 0.6) is 0 Å². The molecule has 5 heteroatoms. The highest BCUT2D eigenvalue weighted by Crippen LogP contribution is 2.09. The molecule has 0 spiro atoms. The number of rotatable bonds is 3. The lowest BCUT2D eigenvalue weighted by Crippen LogP contribution is -2.24. The van der Waals surface area contributed by atoms with E-state index in [-0.39, 0.29) is 6.61 Å². The highest BCUT2D eigenvalue weighted by molar-refractivity contribution is 6.37. The predicted octanol–water partition coefficient (Wildman–Crippen LogP) is 1.25. The number of esters is 1. The Morgan fingerprint density at radius 3 is 2.53 bits per heavy atom. The zero-order valence-electron chi connectivity index (χ0n) is 9.40. The number of ether oxygens (including phenoxy) is 1. The maximum Gasteiger partial charge on any atom is 0.397 e. The Hall–Kier alpha value is -2.35. The molecule has 0 aliphatic carbocycles. The Kier molecular flexibility index (Phi) is 4.70. The summed E-state index contributed by atoms with van der Waals surface area (Å²) in [4.78, 5) is 22.3. The molecule has 0 bridgehead atoms. The lowest BCUT2D eigenvalue weighted by Gasteiger charge is -2.04. The third-order valence-electron chi connectivity index (χ3n) is 1.96. The molecule has 0 atom stereocenters. The summed E-state index contributed by atoms with van der Waals surface area (Å²) in [6.45, 7) is 1.79. The number of hydrogen-bond donors (Lipinski definition) is 1. The van der Waals surface area contributed by atoms with Crippen molar-refractivity contribution in [2.24, 2.45) is 0 Å². The van der Waals surface area contributed by atoms with Crippen molar-refractivity contribution in [2.45, 2.75) is 13.3 Å². The van der Waals surface area contributed by atoms with E-state index in [1.807, 2.05) is 6.07 Å². The zero-order valence-corrected chi connectivity index (χ0v) is 9.40. The SMILES string of the molecule is CCOC(=O)C(=O)Nc1ccc(CC#N)cc1. The number of benzene rings is 1. The van der Waals surface area contributed by atoms with Gasteiger partial charge in [-0.05, 0) is 24.6 Å². The van der Waals surface area contributed by atoms with E-state index in [2.05, 4.69) is 10.1 Å². The molecule has 17 heavy (non-hydrogen) atoms. The molecule has 0 aliphatic rings. The molecule has 0 unspecified atom stereocenters. The lowest BCUT2D eigenvalue weighted by molar-refractivity contribution is -0.152. The number of carbonyl (C=O) groups excluding carboxylic acids is 2. The Morgan fingerprint density at radius 2 is 2.00 bits per heavy atom. The van der Waals surface area contributed by atoms with Crippen molar-refractivity contribution in [1.82, 2.24) is 0 Å². The Balaban J connectivity index is 2.60. The average molecular weight is 232 g/mol. The first-order chi connectivity index (χ1) is 8.17. The van der Waals surface area contributed by atoms with Crippen LogP contribution in [0, 0.1) is 11.3 Å². The fourth-order valence-corrected chi connectivity index (χ4v) is 1.18. The normalized spacial score (nSPS) is 9.18. The number of anilines is 1. The quantitative estimate of drug-likeness (QED) is 0.628. The summed E-state index contributed by atoms with van der Waals surface area (Å²) in [7, 11) is 0. The molecule has 0 aliphatic heterocycles. The molecule has 1 aromatic rings. The molecule has 0 heterocycles. The maximum atomic E-state index is 11.3. The van der Waals surface area contributed by atoms with E-state index < -0.39 is 11.9 Å². The Labute approximate surface area is 99.0 Å². The van der Waals surface area contributed by atoms with Crippen molar-refractivity contribution >= 4 is 17.6 Å². The largest absolute Gasteiger partial charge is 0.459 e. The minimum atomic E-state index is -0.909. The van der Waals surface area contributed by atoms with Crippen LogP contribution in [0.1, 0.15) is 12.5 Å². The van der Waals surface area contributed by atoms with Crippen LogP contribution in [0.25, 0.3) is 0 Å². The highest BCUT2D eigenvalue weighted by atomic mass is 16.5. The molecule has 88 valence electrons. The van der Waals surface area contributed by atoms with Crippen molar-refractivity contribution in [3.63, 3.8) is 0 Å². The van der Waals surface area contributed by atoms with Crippen molar-refractivity contribution in [3.8, 4) is 6.07 Å². The molecule has 1 amide bonds. The zero-order chi connectivity index (χ0) is 12.7. The van der Waals surface area contributed by atoms with Gasteiger partial charge in [0.05, 0.1) is 19.1 Å². The van der Waals surface area contributed by atoms with E-state index in [1.165, 1.54) is 0 Å². The number of nitrogens with one attached hydrogen (secondary N) is 1. The fourth-order valence-electron chi connectivity index (χ4n) is 1.18. The van der Waals surface area contributed by atoms with E-state index in [0.717, 1.165) is 5.56 Å². The van der Waals surface area contributed by atoms with Crippen LogP contribution >= 0.6 is 0 Å². The first kappa shape index (κ1) is 12.7. The highest BCUT2D eigenvalue weighted by Gasteiger charge is 2.14. The van der Waals surface area contributed by atoms with E-state index in [4.69, 9.17) is 5.26 Å². The minimum absolute atomic E-state index is 0.160. The van der Waals surface area contributed by atoms with E-state index >= 15 is 0 Å². The first-order valence-electron chi connectivity index (χ1n) is 5.11. The topological polar surface area (TPSA) is 79.2 Å². The van der Waals surface area contributed by atoms with E-state index in [9.17, 15) is 9.59 Å². The molecule has 1 rings (SSSR count). The number of amides is 1. The maximum absolute atomic E-state index is 11.3. The van der Waals surface area contributed by atoms with E-state index in [1.54, 1.807) is 31.2 Å². The first-order valence-corrected chi connectivity index (χ1v) is 5.11. The number of carbonyl (C=O) groups is 2. The number of hydrogen-bond acceptors (Lipinski definition) is 4. The molecule has 1 aromatic carbocycles. The van der Waals surface area contributed by atoms with Gasteiger partial charge in [0.15, 0.2) is 0 Å². The van der Waals surface area contributed by atoms with Gasteiger partial charge < -0.3 is 10.1 Å². The van der Waals surface area contributed by atoms with Gasteiger partial charge in [0.25, 0.3) is 0 Å². The van der Waals surface area contributed by atoms with Crippen LogP contribution in [0.3, 0.4) is 0 Å². The Bertz CT molecular complexity index is 446. The summed E-state index contributed by atoms with van der Waals surface area (Å²) in [5.74, 6) is -1.71.